The minimum Gasteiger partial charge on any atom is -0.310 e. The fourth-order valence-electron chi connectivity index (χ4n) is 15.9. The summed E-state index contributed by atoms with van der Waals surface area (Å²) in [5.41, 5.74) is 30.8. The highest BCUT2D eigenvalue weighted by Gasteiger charge is 2.47. The Hall–Kier alpha value is -10.2. The molecule has 16 rings (SSSR count). The second-order valence-corrected chi connectivity index (χ2v) is 33.4. The highest BCUT2D eigenvalue weighted by Crippen LogP contribution is 2.56. The number of nitrogens with zero attached hydrogens (tertiary/aromatic N) is 2. The first-order chi connectivity index (χ1) is 47.3. The molecule has 0 aromatic heterocycles. The molecular formula is C96H89BN2. The van der Waals surface area contributed by atoms with Crippen molar-refractivity contribution in [3.8, 4) is 66.8 Å². The van der Waals surface area contributed by atoms with Crippen molar-refractivity contribution in [2.45, 2.75) is 131 Å². The third kappa shape index (κ3) is 11.0. The predicted octanol–water partition coefficient (Wildman–Crippen LogP) is 25.2. The van der Waals surface area contributed by atoms with Crippen LogP contribution >= 0.6 is 0 Å². The van der Waals surface area contributed by atoms with Gasteiger partial charge < -0.3 is 9.80 Å². The molecule has 0 bridgehead atoms. The van der Waals surface area contributed by atoms with Crippen molar-refractivity contribution in [3.05, 3.63) is 295 Å². The van der Waals surface area contributed by atoms with E-state index in [4.69, 9.17) is 0 Å². The molecule has 3 heteroatoms. The van der Waals surface area contributed by atoms with Crippen LogP contribution in [0.2, 0.25) is 0 Å². The van der Waals surface area contributed by atoms with Crippen molar-refractivity contribution in [2.24, 2.45) is 0 Å². The Bertz CT molecular complexity index is 5360. The first-order valence-electron chi connectivity index (χ1n) is 35.7. The summed E-state index contributed by atoms with van der Waals surface area (Å²) >= 11 is 0. The maximum absolute atomic E-state index is 2.74. The van der Waals surface area contributed by atoms with Crippen LogP contribution in [0.5, 0.6) is 0 Å². The Morgan fingerprint density at radius 1 is 0.232 bits per heavy atom. The van der Waals surface area contributed by atoms with E-state index in [1.165, 1.54) is 166 Å². The monoisotopic (exact) mass is 1280 g/mol. The number of rotatable bonds is 8. The van der Waals surface area contributed by atoms with Gasteiger partial charge in [0, 0.05) is 45.0 Å². The lowest BCUT2D eigenvalue weighted by Crippen LogP contribution is -2.61. The zero-order valence-electron chi connectivity index (χ0n) is 60.4. The van der Waals surface area contributed by atoms with Crippen molar-refractivity contribution < 1.29 is 0 Å². The summed E-state index contributed by atoms with van der Waals surface area (Å²) in [5.74, 6) is 0. The van der Waals surface area contributed by atoms with Crippen LogP contribution in [0.15, 0.2) is 267 Å². The first kappa shape index (κ1) is 63.5. The van der Waals surface area contributed by atoms with Gasteiger partial charge in [0.2, 0.25) is 0 Å². The summed E-state index contributed by atoms with van der Waals surface area (Å²) in [5, 5.41) is 7.83. The van der Waals surface area contributed by atoms with Gasteiger partial charge in [-0.1, -0.05) is 310 Å². The molecule has 0 radical (unpaired) electrons. The van der Waals surface area contributed by atoms with Crippen LogP contribution in [0.4, 0.5) is 34.1 Å². The zero-order valence-corrected chi connectivity index (χ0v) is 60.4. The second-order valence-electron chi connectivity index (χ2n) is 33.4. The molecule has 0 saturated carbocycles. The van der Waals surface area contributed by atoms with Crippen molar-refractivity contribution in [2.75, 3.05) is 9.80 Å². The van der Waals surface area contributed by atoms with Crippen LogP contribution in [0.25, 0.3) is 99.1 Å². The summed E-state index contributed by atoms with van der Waals surface area (Å²) in [6.07, 6.45) is 0. The summed E-state index contributed by atoms with van der Waals surface area (Å²) in [6.45, 7) is 35.3. The quantitative estimate of drug-likeness (QED) is 0.111. The number of fused-ring (bicyclic) bond motifs is 4. The molecule has 0 fully saturated rings. The molecule has 0 atom stereocenters. The van der Waals surface area contributed by atoms with E-state index in [9.17, 15) is 0 Å². The van der Waals surface area contributed by atoms with E-state index in [-0.39, 0.29) is 33.8 Å². The number of hydrogen-bond donors (Lipinski definition) is 0. The van der Waals surface area contributed by atoms with Gasteiger partial charge in [-0.25, -0.2) is 0 Å². The van der Waals surface area contributed by atoms with E-state index in [0.717, 1.165) is 11.4 Å². The van der Waals surface area contributed by atoms with Gasteiger partial charge in [0.15, 0.2) is 0 Å². The number of benzene rings is 14. The maximum atomic E-state index is 2.74. The molecule has 0 aliphatic carbocycles. The zero-order chi connectivity index (χ0) is 68.8. The summed E-state index contributed by atoms with van der Waals surface area (Å²) in [4.78, 5) is 5.47. The van der Waals surface area contributed by atoms with Crippen molar-refractivity contribution in [1.29, 1.82) is 0 Å². The highest BCUT2D eigenvalue weighted by atomic mass is 15.2. The molecule has 486 valence electrons. The van der Waals surface area contributed by atoms with Crippen LogP contribution < -0.4 is 26.2 Å². The lowest BCUT2D eigenvalue weighted by Gasteiger charge is -2.47. The average Bonchev–Trinajstić information content (AvgIpc) is 0.692. The van der Waals surface area contributed by atoms with Crippen LogP contribution in [-0.2, 0) is 27.1 Å². The molecular weight excluding hydrogens is 1190 g/mol. The summed E-state index contributed by atoms with van der Waals surface area (Å²) in [7, 11) is 0. The van der Waals surface area contributed by atoms with E-state index in [0.29, 0.717) is 0 Å². The predicted molar refractivity (Wildman–Crippen MR) is 430 cm³/mol. The summed E-state index contributed by atoms with van der Waals surface area (Å²) < 4.78 is 0. The lowest BCUT2D eigenvalue weighted by molar-refractivity contribution is 0.590. The molecule has 2 nitrogen and oxygen atoms in total. The Balaban J connectivity index is 1.11. The SMILES string of the molecule is CC(C)(C)c1cc(-c2ccccc2)c(N2c3ccc(-c4cc5cc(C(C)(C)C)cc6ccc7cc(C(C)(C)C)cc4c7c65)cc3B3c4ccc(-c5ccccc5)cc4N(c4c(-c5ccccc5)cc(C(C)(C)C)cc4-c4ccccc4)c4cc(C(C)(C)C)cc2c43)c(-c2ccccc2)c1. The minimum atomic E-state index is -0.289. The van der Waals surface area contributed by atoms with E-state index in [2.05, 4.69) is 381 Å². The molecule has 0 unspecified atom stereocenters. The lowest BCUT2D eigenvalue weighted by atomic mass is 9.33. The molecule has 14 aromatic rings. The normalized spacial score (nSPS) is 13.3. The van der Waals surface area contributed by atoms with Gasteiger partial charge in [0.05, 0.1) is 11.4 Å². The summed E-state index contributed by atoms with van der Waals surface area (Å²) in [6, 6.07) is 103. The molecule has 0 saturated heterocycles. The Morgan fingerprint density at radius 3 is 1.03 bits per heavy atom. The van der Waals surface area contributed by atoms with Gasteiger partial charge in [-0.05, 0) is 209 Å². The number of anilines is 6. The Kier molecular flexibility index (Phi) is 14.9. The van der Waals surface area contributed by atoms with Gasteiger partial charge >= 0.3 is 0 Å². The van der Waals surface area contributed by atoms with E-state index < -0.39 is 0 Å². The van der Waals surface area contributed by atoms with Crippen LogP contribution in [0.1, 0.15) is 132 Å². The molecule has 0 spiro atoms. The van der Waals surface area contributed by atoms with Crippen LogP contribution in [-0.4, -0.2) is 6.71 Å². The van der Waals surface area contributed by atoms with E-state index in [1.54, 1.807) is 0 Å². The first-order valence-corrected chi connectivity index (χ1v) is 35.7. The van der Waals surface area contributed by atoms with E-state index in [1.807, 2.05) is 0 Å². The third-order valence-electron chi connectivity index (χ3n) is 21.5. The smallest absolute Gasteiger partial charge is 0.252 e. The van der Waals surface area contributed by atoms with Gasteiger partial charge in [-0.3, -0.25) is 0 Å². The minimum absolute atomic E-state index is 0.0550. The molecule has 0 N–H and O–H groups in total. The van der Waals surface area contributed by atoms with Gasteiger partial charge in [-0.15, -0.1) is 0 Å². The average molecular weight is 1280 g/mol. The topological polar surface area (TPSA) is 6.48 Å². The fourth-order valence-corrected chi connectivity index (χ4v) is 15.9. The van der Waals surface area contributed by atoms with Crippen molar-refractivity contribution in [1.82, 2.24) is 0 Å². The highest BCUT2D eigenvalue weighted by molar-refractivity contribution is 7.00. The van der Waals surface area contributed by atoms with Crippen molar-refractivity contribution >= 4 is 89.5 Å². The van der Waals surface area contributed by atoms with Crippen LogP contribution in [0.3, 0.4) is 0 Å². The molecule has 2 aliphatic rings. The molecule has 99 heavy (non-hydrogen) atoms. The largest absolute Gasteiger partial charge is 0.310 e. The standard InChI is InChI=1S/C96H89BN2/c1-92(2,3)70-47-67-41-42-68-48-71(93(4,5)6)57-80-75(50-69(49-70)87(67)88(68)80)66-44-46-83-82(51-66)97-81-45-43-65(60-31-21-16-22-32-60)52-84(81)99(91-78(63-37-27-19-28-38-63)55-73(95(10,11)12)56-79(91)64-39-29-20-30-40-64)86-59-74(96(13,14)15)58-85(89(86)97)98(83)90-76(61-33-23-17-24-34-61)53-72(94(7,8)9)54-77(90)62-35-25-18-26-36-62/h16-59H,1-15H3. The van der Waals surface area contributed by atoms with Gasteiger partial charge in [0.1, 0.15) is 0 Å². The van der Waals surface area contributed by atoms with Crippen LogP contribution in [0, 0.1) is 0 Å². The molecule has 2 aliphatic heterocycles. The third-order valence-corrected chi connectivity index (χ3v) is 21.5. The maximum Gasteiger partial charge on any atom is 0.252 e. The number of hydrogen-bond acceptors (Lipinski definition) is 2. The van der Waals surface area contributed by atoms with E-state index >= 15 is 0 Å². The Morgan fingerprint density at radius 2 is 0.596 bits per heavy atom. The molecule has 14 aromatic carbocycles. The van der Waals surface area contributed by atoms with Crippen molar-refractivity contribution in [3.63, 3.8) is 0 Å². The Labute approximate surface area is 588 Å². The van der Waals surface area contributed by atoms with Gasteiger partial charge in [-0.2, -0.15) is 0 Å². The molecule has 2 heterocycles. The molecule has 0 amide bonds. The fraction of sp³-hybridized carbons (Fsp3) is 0.208. The van der Waals surface area contributed by atoms with Gasteiger partial charge in [0.25, 0.3) is 6.71 Å². The second kappa shape index (κ2) is 23.2.